The fraction of sp³-hybridized carbons (Fsp3) is 0.364. The van der Waals surface area contributed by atoms with Crippen LogP contribution in [0.3, 0.4) is 0 Å². The van der Waals surface area contributed by atoms with Gasteiger partial charge in [0, 0.05) is 18.7 Å². The summed E-state index contributed by atoms with van der Waals surface area (Å²) in [7, 11) is 0. The van der Waals surface area contributed by atoms with Crippen LogP contribution in [0, 0.1) is 0 Å². The van der Waals surface area contributed by atoms with Gasteiger partial charge in [-0.1, -0.05) is 42.0 Å². The molecule has 0 saturated heterocycles. The van der Waals surface area contributed by atoms with Crippen LogP contribution < -0.4 is 21.7 Å². The van der Waals surface area contributed by atoms with Gasteiger partial charge >= 0.3 is 11.9 Å². The summed E-state index contributed by atoms with van der Waals surface area (Å²) < 4.78 is 47.7. The standard InChI is InChI=1S/C22H24F3N5O4.ClH/c1-14(2)8-10-28-17-18(27-20(28)34-11-9-26)30(13-22(23,24)25)21(33)29(19(17)32)12-16(31)15-6-4-3-5-7-15;/h3-8H,9-13,26H2,1-2H3;1H. The van der Waals surface area contributed by atoms with Crippen LogP contribution in [0.15, 0.2) is 51.6 Å². The number of aromatic nitrogens is 4. The molecule has 0 amide bonds. The van der Waals surface area contributed by atoms with Crippen LogP contribution in [0.4, 0.5) is 13.2 Å². The van der Waals surface area contributed by atoms with Crippen molar-refractivity contribution in [2.24, 2.45) is 5.73 Å². The lowest BCUT2D eigenvalue weighted by molar-refractivity contribution is -0.140. The predicted octanol–water partition coefficient (Wildman–Crippen LogP) is 2.53. The number of alkyl halides is 3. The molecule has 3 aromatic rings. The first-order valence-corrected chi connectivity index (χ1v) is 10.4. The van der Waals surface area contributed by atoms with E-state index in [2.05, 4.69) is 4.98 Å². The number of hydrogen-bond acceptors (Lipinski definition) is 6. The molecular weight excluding hydrogens is 491 g/mol. The summed E-state index contributed by atoms with van der Waals surface area (Å²) >= 11 is 0. The molecule has 0 saturated carbocycles. The number of Topliss-reactive ketones (excluding diaryl/α,β-unsaturated/α-hetero) is 1. The Labute approximate surface area is 204 Å². The smallest absolute Gasteiger partial charge is 0.406 e. The molecule has 190 valence electrons. The van der Waals surface area contributed by atoms with Crippen LogP contribution in [0.2, 0.25) is 0 Å². The van der Waals surface area contributed by atoms with Crippen LogP contribution >= 0.6 is 12.4 Å². The van der Waals surface area contributed by atoms with Gasteiger partial charge in [-0.2, -0.15) is 18.2 Å². The molecule has 0 unspecified atom stereocenters. The molecule has 2 N–H and O–H groups in total. The van der Waals surface area contributed by atoms with E-state index in [0.29, 0.717) is 9.13 Å². The maximum Gasteiger partial charge on any atom is 0.406 e. The monoisotopic (exact) mass is 515 g/mol. The zero-order valence-corrected chi connectivity index (χ0v) is 19.9. The van der Waals surface area contributed by atoms with Crippen LogP contribution in [0.25, 0.3) is 11.2 Å². The number of carbonyl (C=O) groups excluding carboxylic acids is 1. The lowest BCUT2D eigenvalue weighted by Gasteiger charge is -2.13. The number of nitrogens with zero attached hydrogens (tertiary/aromatic N) is 4. The number of fused-ring (bicyclic) bond motifs is 1. The Kier molecular flexibility index (Phi) is 9.05. The van der Waals surface area contributed by atoms with E-state index in [-0.39, 0.29) is 49.2 Å². The largest absolute Gasteiger partial charge is 0.463 e. The Morgan fingerprint density at radius 3 is 2.34 bits per heavy atom. The first-order valence-electron chi connectivity index (χ1n) is 10.4. The summed E-state index contributed by atoms with van der Waals surface area (Å²) in [5.74, 6) is -0.604. The highest BCUT2D eigenvalue weighted by Gasteiger charge is 2.32. The molecule has 0 aliphatic rings. The minimum Gasteiger partial charge on any atom is -0.463 e. The summed E-state index contributed by atoms with van der Waals surface area (Å²) in [5.41, 5.74) is 3.54. The molecule has 13 heteroatoms. The molecule has 0 spiro atoms. The molecular formula is C22H25ClF3N5O4. The van der Waals surface area contributed by atoms with Gasteiger partial charge in [-0.15, -0.1) is 12.4 Å². The number of ether oxygens (including phenoxy) is 1. The molecule has 3 rings (SSSR count). The fourth-order valence-electron chi connectivity index (χ4n) is 3.29. The van der Waals surface area contributed by atoms with Gasteiger partial charge in [0.25, 0.3) is 11.6 Å². The summed E-state index contributed by atoms with van der Waals surface area (Å²) in [6.07, 6.45) is -3.07. The van der Waals surface area contributed by atoms with E-state index in [1.807, 2.05) is 0 Å². The van der Waals surface area contributed by atoms with Crippen molar-refractivity contribution in [2.45, 2.75) is 39.7 Å². The molecule has 0 radical (unpaired) electrons. The highest BCUT2D eigenvalue weighted by molar-refractivity contribution is 5.95. The number of ketones is 1. The average molecular weight is 516 g/mol. The van der Waals surface area contributed by atoms with Crippen molar-refractivity contribution in [2.75, 3.05) is 13.2 Å². The molecule has 2 aromatic heterocycles. The van der Waals surface area contributed by atoms with Crippen molar-refractivity contribution in [3.05, 3.63) is 68.4 Å². The lowest BCUT2D eigenvalue weighted by Crippen LogP contribution is -2.44. The number of carbonyl (C=O) groups is 1. The fourth-order valence-corrected chi connectivity index (χ4v) is 3.29. The van der Waals surface area contributed by atoms with E-state index in [4.69, 9.17) is 10.5 Å². The highest BCUT2D eigenvalue weighted by Crippen LogP contribution is 2.22. The number of allylic oxidation sites excluding steroid dienone is 2. The lowest BCUT2D eigenvalue weighted by atomic mass is 10.1. The van der Waals surface area contributed by atoms with Gasteiger partial charge in [-0.25, -0.2) is 4.79 Å². The number of nitrogens with two attached hydrogens (primary N) is 1. The molecule has 2 heterocycles. The third-order valence-electron chi connectivity index (χ3n) is 4.85. The van der Waals surface area contributed by atoms with Gasteiger partial charge in [0.15, 0.2) is 16.9 Å². The molecule has 0 aliphatic heterocycles. The van der Waals surface area contributed by atoms with Crippen LogP contribution in [0.1, 0.15) is 24.2 Å². The number of benzene rings is 1. The molecule has 35 heavy (non-hydrogen) atoms. The van der Waals surface area contributed by atoms with Gasteiger partial charge in [-0.3, -0.25) is 23.3 Å². The predicted molar refractivity (Wildman–Crippen MR) is 126 cm³/mol. The quantitative estimate of drug-likeness (QED) is 0.346. The number of rotatable bonds is 9. The van der Waals surface area contributed by atoms with E-state index >= 15 is 0 Å². The summed E-state index contributed by atoms with van der Waals surface area (Å²) in [4.78, 5) is 43.1. The van der Waals surface area contributed by atoms with E-state index in [9.17, 15) is 27.6 Å². The molecule has 0 fully saturated rings. The van der Waals surface area contributed by atoms with E-state index in [1.165, 1.54) is 16.7 Å². The molecule has 1 aromatic carbocycles. The average Bonchev–Trinajstić information content (AvgIpc) is 3.14. The van der Waals surface area contributed by atoms with Crippen molar-refractivity contribution >= 4 is 29.4 Å². The van der Waals surface area contributed by atoms with Gasteiger partial charge in [0.05, 0.1) is 6.54 Å². The Morgan fingerprint density at radius 1 is 1.11 bits per heavy atom. The zero-order valence-electron chi connectivity index (χ0n) is 19.0. The third-order valence-corrected chi connectivity index (χ3v) is 4.85. The number of hydrogen-bond donors (Lipinski definition) is 1. The summed E-state index contributed by atoms with van der Waals surface area (Å²) in [6.45, 7) is 1.30. The second-order valence-electron chi connectivity index (χ2n) is 7.76. The second-order valence-corrected chi connectivity index (χ2v) is 7.76. The molecule has 0 aliphatic carbocycles. The van der Waals surface area contributed by atoms with Crippen molar-refractivity contribution in [1.82, 2.24) is 18.7 Å². The van der Waals surface area contributed by atoms with Crippen molar-refractivity contribution in [3.63, 3.8) is 0 Å². The van der Waals surface area contributed by atoms with Gasteiger partial charge < -0.3 is 10.5 Å². The maximum absolute atomic E-state index is 13.4. The third kappa shape index (κ3) is 6.40. The highest BCUT2D eigenvalue weighted by atomic mass is 35.5. The molecule has 0 atom stereocenters. The Hall–Kier alpha value is -3.38. The SMILES string of the molecule is CC(C)=CCn1c(OCCN)nc2c1c(=O)n(CC(=O)c1ccccc1)c(=O)n2CC(F)(F)F.Cl. The van der Waals surface area contributed by atoms with Gasteiger partial charge in [-0.05, 0) is 13.8 Å². The Morgan fingerprint density at radius 2 is 1.77 bits per heavy atom. The Balaban J connectivity index is 0.00000432. The molecule has 9 nitrogen and oxygen atoms in total. The zero-order chi connectivity index (χ0) is 25.0. The van der Waals surface area contributed by atoms with Crippen LogP contribution in [-0.4, -0.2) is 43.8 Å². The normalized spacial score (nSPS) is 11.3. The van der Waals surface area contributed by atoms with Crippen molar-refractivity contribution < 1.29 is 22.7 Å². The first kappa shape index (κ1) is 27.9. The number of halogens is 4. The Bertz CT molecular complexity index is 1340. The van der Waals surface area contributed by atoms with Gasteiger partial charge in [0.1, 0.15) is 13.2 Å². The van der Waals surface area contributed by atoms with Gasteiger partial charge in [0.2, 0.25) is 0 Å². The topological polar surface area (TPSA) is 114 Å². The summed E-state index contributed by atoms with van der Waals surface area (Å²) in [6, 6.07) is 7.68. The number of imidazole rings is 1. The van der Waals surface area contributed by atoms with Crippen molar-refractivity contribution in [3.8, 4) is 6.01 Å². The van der Waals surface area contributed by atoms with Crippen LogP contribution in [0.5, 0.6) is 6.01 Å². The second kappa shape index (κ2) is 11.4. The minimum atomic E-state index is -4.79. The van der Waals surface area contributed by atoms with E-state index in [1.54, 1.807) is 38.1 Å². The first-order chi connectivity index (χ1) is 16.0. The van der Waals surface area contributed by atoms with E-state index < -0.39 is 41.9 Å². The molecule has 0 bridgehead atoms. The van der Waals surface area contributed by atoms with Crippen LogP contribution in [-0.2, 0) is 19.6 Å². The minimum absolute atomic E-state index is 0. The van der Waals surface area contributed by atoms with Crippen molar-refractivity contribution in [1.29, 1.82) is 0 Å². The van der Waals surface area contributed by atoms with E-state index in [0.717, 1.165) is 5.57 Å². The maximum atomic E-state index is 13.4. The summed E-state index contributed by atoms with van der Waals surface area (Å²) in [5, 5.41) is 0.